The average molecular weight is 356 g/mol. The van der Waals surface area contributed by atoms with Gasteiger partial charge in [0.05, 0.1) is 0 Å². The lowest BCUT2D eigenvalue weighted by atomic mass is 10.1. The SMILES string of the molecule is CC(=O)N(CC(=O)Nc1cc(C)on1)c1ccc(N2CCCCC2)cc1. The summed E-state index contributed by atoms with van der Waals surface area (Å²) in [6.45, 7) is 5.25. The van der Waals surface area contributed by atoms with Crippen LogP contribution in [0.5, 0.6) is 0 Å². The molecule has 1 saturated heterocycles. The fourth-order valence-corrected chi connectivity index (χ4v) is 3.13. The maximum atomic E-state index is 12.2. The van der Waals surface area contributed by atoms with E-state index >= 15 is 0 Å². The summed E-state index contributed by atoms with van der Waals surface area (Å²) < 4.78 is 4.92. The Labute approximate surface area is 152 Å². The van der Waals surface area contributed by atoms with Gasteiger partial charge < -0.3 is 19.6 Å². The summed E-state index contributed by atoms with van der Waals surface area (Å²) in [5, 5.41) is 6.36. The number of anilines is 3. The molecule has 2 amide bonds. The molecule has 0 bridgehead atoms. The van der Waals surface area contributed by atoms with Crippen LogP contribution in [0.1, 0.15) is 31.9 Å². The van der Waals surface area contributed by atoms with Crippen molar-refractivity contribution in [2.24, 2.45) is 0 Å². The predicted octanol–water partition coefficient (Wildman–Crippen LogP) is 2.96. The maximum Gasteiger partial charge on any atom is 0.245 e. The van der Waals surface area contributed by atoms with Crippen LogP contribution in [0.3, 0.4) is 0 Å². The van der Waals surface area contributed by atoms with E-state index in [0.717, 1.165) is 18.8 Å². The average Bonchev–Trinajstić information content (AvgIpc) is 3.05. The third-order valence-electron chi connectivity index (χ3n) is 4.46. The summed E-state index contributed by atoms with van der Waals surface area (Å²) in [4.78, 5) is 28.1. The van der Waals surface area contributed by atoms with Crippen molar-refractivity contribution in [3.05, 3.63) is 36.1 Å². The van der Waals surface area contributed by atoms with Gasteiger partial charge in [-0.3, -0.25) is 9.59 Å². The molecular weight excluding hydrogens is 332 g/mol. The number of nitrogens with one attached hydrogen (secondary N) is 1. The molecule has 3 rings (SSSR count). The highest BCUT2D eigenvalue weighted by Gasteiger charge is 2.18. The Balaban J connectivity index is 1.66. The molecule has 0 unspecified atom stereocenters. The van der Waals surface area contributed by atoms with Gasteiger partial charge in [-0.05, 0) is 50.5 Å². The zero-order chi connectivity index (χ0) is 18.5. The third-order valence-corrected chi connectivity index (χ3v) is 4.46. The third kappa shape index (κ3) is 4.41. The highest BCUT2D eigenvalue weighted by Crippen LogP contribution is 2.24. The normalized spacial score (nSPS) is 14.2. The van der Waals surface area contributed by atoms with Gasteiger partial charge in [0, 0.05) is 37.5 Å². The van der Waals surface area contributed by atoms with Crippen molar-refractivity contribution in [3.8, 4) is 0 Å². The summed E-state index contributed by atoms with van der Waals surface area (Å²) >= 11 is 0. The quantitative estimate of drug-likeness (QED) is 0.891. The molecule has 0 aliphatic carbocycles. The number of rotatable bonds is 5. The fourth-order valence-electron chi connectivity index (χ4n) is 3.13. The molecule has 1 aromatic heterocycles. The molecule has 0 saturated carbocycles. The molecule has 7 nitrogen and oxygen atoms in total. The molecule has 138 valence electrons. The standard InChI is InChI=1S/C19H24N4O3/c1-14-12-18(21-26-14)20-19(25)13-23(15(2)24)17-8-6-16(7-9-17)22-10-4-3-5-11-22/h6-9,12H,3-5,10-11,13H2,1-2H3,(H,20,21,25). The number of carbonyl (C=O) groups is 2. The largest absolute Gasteiger partial charge is 0.372 e. The Bertz CT molecular complexity index is 763. The van der Waals surface area contributed by atoms with E-state index in [1.807, 2.05) is 24.3 Å². The van der Waals surface area contributed by atoms with Gasteiger partial charge in [-0.25, -0.2) is 0 Å². The summed E-state index contributed by atoms with van der Waals surface area (Å²) in [5.41, 5.74) is 1.85. The van der Waals surface area contributed by atoms with Gasteiger partial charge in [-0.1, -0.05) is 5.16 Å². The van der Waals surface area contributed by atoms with Crippen LogP contribution in [-0.4, -0.2) is 36.6 Å². The molecule has 0 spiro atoms. The van der Waals surface area contributed by atoms with Gasteiger partial charge in [0.1, 0.15) is 12.3 Å². The van der Waals surface area contributed by atoms with Gasteiger partial charge in [-0.15, -0.1) is 0 Å². The molecule has 0 radical (unpaired) electrons. The maximum absolute atomic E-state index is 12.2. The van der Waals surface area contributed by atoms with Crippen molar-refractivity contribution in [3.63, 3.8) is 0 Å². The van der Waals surface area contributed by atoms with E-state index in [9.17, 15) is 9.59 Å². The lowest BCUT2D eigenvalue weighted by Crippen LogP contribution is -2.36. The highest BCUT2D eigenvalue weighted by atomic mass is 16.5. The first-order chi connectivity index (χ1) is 12.5. The number of benzene rings is 1. The summed E-state index contributed by atoms with van der Waals surface area (Å²) in [7, 11) is 0. The van der Waals surface area contributed by atoms with Crippen LogP contribution in [0, 0.1) is 6.92 Å². The molecule has 1 fully saturated rings. The van der Waals surface area contributed by atoms with Crippen molar-refractivity contribution >= 4 is 29.0 Å². The number of hydrogen-bond acceptors (Lipinski definition) is 5. The summed E-state index contributed by atoms with van der Waals surface area (Å²) in [6.07, 6.45) is 3.71. The Hall–Kier alpha value is -2.83. The second-order valence-corrected chi connectivity index (χ2v) is 6.54. The van der Waals surface area contributed by atoms with E-state index in [-0.39, 0.29) is 18.4 Å². The molecule has 1 aromatic carbocycles. The molecule has 0 atom stereocenters. The van der Waals surface area contributed by atoms with Crippen molar-refractivity contribution in [2.45, 2.75) is 33.1 Å². The predicted molar refractivity (Wildman–Crippen MR) is 100 cm³/mol. The van der Waals surface area contributed by atoms with E-state index in [4.69, 9.17) is 4.52 Å². The van der Waals surface area contributed by atoms with Crippen LogP contribution in [0.2, 0.25) is 0 Å². The monoisotopic (exact) mass is 356 g/mol. The number of hydrogen-bond donors (Lipinski definition) is 1. The first-order valence-corrected chi connectivity index (χ1v) is 8.89. The molecule has 26 heavy (non-hydrogen) atoms. The highest BCUT2D eigenvalue weighted by molar-refractivity contribution is 6.01. The molecule has 2 aromatic rings. The summed E-state index contributed by atoms with van der Waals surface area (Å²) in [6, 6.07) is 9.42. The zero-order valence-electron chi connectivity index (χ0n) is 15.2. The first-order valence-electron chi connectivity index (χ1n) is 8.89. The van der Waals surface area contributed by atoms with E-state index in [2.05, 4.69) is 15.4 Å². The van der Waals surface area contributed by atoms with Crippen LogP contribution >= 0.6 is 0 Å². The van der Waals surface area contributed by atoms with Crippen molar-refractivity contribution in [1.82, 2.24) is 5.16 Å². The molecule has 2 heterocycles. The van der Waals surface area contributed by atoms with Crippen LogP contribution in [0.4, 0.5) is 17.2 Å². The van der Waals surface area contributed by atoms with Crippen LogP contribution < -0.4 is 15.1 Å². The number of carbonyl (C=O) groups excluding carboxylic acids is 2. The number of aromatic nitrogens is 1. The van der Waals surface area contributed by atoms with E-state index in [0.29, 0.717) is 17.3 Å². The van der Waals surface area contributed by atoms with Gasteiger partial charge in [0.15, 0.2) is 5.82 Å². The van der Waals surface area contributed by atoms with Gasteiger partial charge >= 0.3 is 0 Å². The van der Waals surface area contributed by atoms with E-state index in [1.165, 1.54) is 31.1 Å². The molecule has 1 aliphatic rings. The van der Waals surface area contributed by atoms with E-state index < -0.39 is 0 Å². The number of amides is 2. The minimum atomic E-state index is -0.325. The number of aryl methyl sites for hydroxylation is 1. The summed E-state index contributed by atoms with van der Waals surface area (Å²) in [5.74, 6) is 0.435. The lowest BCUT2D eigenvalue weighted by Gasteiger charge is -2.29. The molecule has 7 heteroatoms. The Morgan fingerprint density at radius 2 is 1.88 bits per heavy atom. The first kappa shape index (κ1) is 18.0. The Kier molecular flexibility index (Phi) is 5.55. The smallest absolute Gasteiger partial charge is 0.245 e. The zero-order valence-corrected chi connectivity index (χ0v) is 15.2. The number of piperidine rings is 1. The van der Waals surface area contributed by atoms with Gasteiger partial charge in [0.25, 0.3) is 0 Å². The topological polar surface area (TPSA) is 78.7 Å². The molecular formula is C19H24N4O3. The Morgan fingerprint density at radius 1 is 1.19 bits per heavy atom. The fraction of sp³-hybridized carbons (Fsp3) is 0.421. The molecule has 1 aliphatic heterocycles. The Morgan fingerprint density at radius 3 is 2.46 bits per heavy atom. The lowest BCUT2D eigenvalue weighted by molar-refractivity contribution is -0.120. The van der Waals surface area contributed by atoms with E-state index in [1.54, 1.807) is 13.0 Å². The van der Waals surface area contributed by atoms with Gasteiger partial charge in [0.2, 0.25) is 11.8 Å². The van der Waals surface area contributed by atoms with Crippen LogP contribution in [0.15, 0.2) is 34.9 Å². The minimum absolute atomic E-state index is 0.0791. The van der Waals surface area contributed by atoms with Crippen molar-refractivity contribution in [1.29, 1.82) is 0 Å². The van der Waals surface area contributed by atoms with Crippen molar-refractivity contribution in [2.75, 3.05) is 34.8 Å². The van der Waals surface area contributed by atoms with Gasteiger partial charge in [-0.2, -0.15) is 0 Å². The second kappa shape index (κ2) is 8.03. The minimum Gasteiger partial charge on any atom is -0.372 e. The second-order valence-electron chi connectivity index (χ2n) is 6.54. The molecule has 1 N–H and O–H groups in total. The number of nitrogens with zero attached hydrogens (tertiary/aromatic N) is 3. The van der Waals surface area contributed by atoms with Crippen molar-refractivity contribution < 1.29 is 14.1 Å². The van der Waals surface area contributed by atoms with Crippen LogP contribution in [-0.2, 0) is 9.59 Å². The van der Waals surface area contributed by atoms with Crippen LogP contribution in [0.25, 0.3) is 0 Å².